The fourth-order valence-corrected chi connectivity index (χ4v) is 11.2. The maximum Gasteiger partial charge on any atom is 0.407 e. The quantitative estimate of drug-likeness (QED) is 0.0118. The molecule has 0 aliphatic heterocycles. The van der Waals surface area contributed by atoms with Crippen LogP contribution in [0.4, 0.5) is 14.4 Å². The van der Waals surface area contributed by atoms with E-state index in [9.17, 15) is 47.9 Å². The summed E-state index contributed by atoms with van der Waals surface area (Å²) in [4.78, 5) is 137. The Bertz CT molecular complexity index is 3980. The number of aryl methyl sites for hydroxylation is 1. The molecule has 0 saturated heterocycles. The van der Waals surface area contributed by atoms with Crippen LogP contribution in [0, 0.1) is 6.92 Å². The lowest BCUT2D eigenvalue weighted by atomic mass is 9.95. The molecule has 0 aromatic heterocycles. The number of rotatable bonds is 41. The van der Waals surface area contributed by atoms with Crippen LogP contribution in [0.15, 0.2) is 164 Å². The smallest absolute Gasteiger partial charge is 0.407 e. The fourth-order valence-electron chi connectivity index (χ4n) is 11.2. The SMILES string of the molecule is COc1ccc(CC(=O)[C@H](CCCCNC(=O)OCc2ccccc2)NC(=O)c2cc(CC(=O)[C@H](CCCCNC(=O)OCc3ccccc3)NC(=O)c3cc(CC(=O)[C@H](CCCCNC(=O)OCc4ccccc4)NC(=O)c4cc(C)ccc4OC)ccc3OC)ccc2OC)cc1C(C)=O. The molecule has 0 radical (unpaired) electrons. The van der Waals surface area contributed by atoms with Crippen molar-refractivity contribution in [1.29, 1.82) is 0 Å². The van der Waals surface area contributed by atoms with Gasteiger partial charge in [0.15, 0.2) is 23.1 Å². The molecule has 7 rings (SSSR count). The van der Waals surface area contributed by atoms with Gasteiger partial charge >= 0.3 is 18.3 Å². The molecule has 0 spiro atoms. The summed E-state index contributed by atoms with van der Waals surface area (Å²) >= 11 is 0. The summed E-state index contributed by atoms with van der Waals surface area (Å²) in [7, 11) is 5.61. The van der Waals surface area contributed by atoms with Crippen LogP contribution < -0.4 is 50.8 Å². The first kappa shape index (κ1) is 78.0. The molecule has 538 valence electrons. The highest BCUT2D eigenvalue weighted by Crippen LogP contribution is 2.27. The molecule has 0 aliphatic carbocycles. The molecule has 7 aromatic carbocycles. The van der Waals surface area contributed by atoms with E-state index in [1.807, 2.05) is 97.9 Å². The van der Waals surface area contributed by atoms with Crippen molar-refractivity contribution in [2.45, 2.75) is 129 Å². The molecule has 6 amide bonds. The van der Waals surface area contributed by atoms with E-state index in [0.29, 0.717) is 66.7 Å². The third kappa shape index (κ3) is 25.4. The molecule has 0 aliphatic rings. The highest BCUT2D eigenvalue weighted by molar-refractivity contribution is 6.03. The fraction of sp³-hybridized carbons (Fsp3) is 0.342. The summed E-state index contributed by atoms with van der Waals surface area (Å²) in [6.07, 6.45) is 0.174. The number of ether oxygens (including phenoxy) is 7. The standard InChI is InChI=1S/C79H90N6O17/c1-52-31-35-71(97-4)61(42-52)74(90)83-64(28-16-19-39-80-77(93)100-49-54-22-10-7-11-23-54)68(88)47-58-33-37-73(99-6)63(44-58)76(92)85-66(30-18-21-41-82-79(95)102-51-56-26-14-9-15-27-56)69(89)48-59-34-38-72(98-5)62(45-59)75(91)84-65(67(87)46-57-32-36-70(96-3)60(43-57)53(2)86)29-17-20-40-81-78(94)101-50-55-24-12-8-13-25-55/h7-15,22-27,31-38,42-45,64-66H,16-21,28-30,39-41,46-51H2,1-6H3,(H,80,93)(H,81,94)(H,82,95)(H,83,90)(H,84,91)(H,85,92)/t64-,65-,66-/m0/s1. The minimum atomic E-state index is -1.17. The normalized spacial score (nSPS) is 11.6. The number of alkyl carbamates (subject to hydrolysis) is 3. The molecule has 0 bridgehead atoms. The Hall–Kier alpha value is -11.4. The number of nitrogens with one attached hydrogen (secondary N) is 6. The summed E-state index contributed by atoms with van der Waals surface area (Å²) in [5.74, 6) is -2.55. The molecule has 0 unspecified atom stereocenters. The summed E-state index contributed by atoms with van der Waals surface area (Å²) in [6.45, 7) is 4.06. The van der Waals surface area contributed by atoms with Crippen molar-refractivity contribution in [3.8, 4) is 23.0 Å². The Morgan fingerprint density at radius 3 is 0.922 bits per heavy atom. The van der Waals surface area contributed by atoms with Crippen molar-refractivity contribution < 1.29 is 81.1 Å². The van der Waals surface area contributed by atoms with Crippen LogP contribution in [-0.4, -0.2) is 125 Å². The molecule has 102 heavy (non-hydrogen) atoms. The zero-order valence-corrected chi connectivity index (χ0v) is 58.5. The van der Waals surface area contributed by atoms with Gasteiger partial charge in [-0.2, -0.15) is 0 Å². The summed E-state index contributed by atoms with van der Waals surface area (Å²) in [6, 6.07) is 43.5. The summed E-state index contributed by atoms with van der Waals surface area (Å²) in [5.41, 5.74) is 4.99. The van der Waals surface area contributed by atoms with E-state index in [-0.39, 0.29) is 129 Å². The molecule has 0 fully saturated rings. The third-order valence-corrected chi connectivity index (χ3v) is 16.7. The Kier molecular flexibility index (Phi) is 31.6. The monoisotopic (exact) mass is 1390 g/mol. The number of carbonyl (C=O) groups is 10. The number of ketones is 4. The van der Waals surface area contributed by atoms with Gasteiger partial charge in [-0.3, -0.25) is 33.6 Å². The van der Waals surface area contributed by atoms with E-state index >= 15 is 0 Å². The number of unbranched alkanes of at least 4 members (excludes halogenated alkanes) is 3. The molecule has 0 heterocycles. The molecule has 0 saturated carbocycles. The lowest BCUT2D eigenvalue weighted by Gasteiger charge is -2.21. The van der Waals surface area contributed by atoms with Gasteiger partial charge in [0, 0.05) is 38.9 Å². The van der Waals surface area contributed by atoms with Crippen molar-refractivity contribution >= 4 is 59.1 Å². The Balaban J connectivity index is 1.07. The average molecular weight is 1400 g/mol. The van der Waals surface area contributed by atoms with Gasteiger partial charge in [-0.25, -0.2) is 14.4 Å². The van der Waals surface area contributed by atoms with E-state index < -0.39 is 59.9 Å². The highest BCUT2D eigenvalue weighted by atomic mass is 16.6. The van der Waals surface area contributed by atoms with Gasteiger partial charge in [0.25, 0.3) is 17.7 Å². The minimum Gasteiger partial charge on any atom is -0.496 e. The molecule has 23 heteroatoms. The second-order valence-corrected chi connectivity index (χ2v) is 24.3. The van der Waals surface area contributed by atoms with Gasteiger partial charge in [0.1, 0.15) is 42.8 Å². The van der Waals surface area contributed by atoms with Crippen LogP contribution in [0.25, 0.3) is 0 Å². The summed E-state index contributed by atoms with van der Waals surface area (Å²) in [5, 5.41) is 16.9. The zero-order chi connectivity index (χ0) is 73.2. The molecular weight excluding hydrogens is 1300 g/mol. The largest absolute Gasteiger partial charge is 0.496 e. The van der Waals surface area contributed by atoms with Gasteiger partial charge in [0.2, 0.25) is 0 Å². The first-order chi connectivity index (χ1) is 49.3. The van der Waals surface area contributed by atoms with Crippen LogP contribution in [0.3, 0.4) is 0 Å². The Morgan fingerprint density at radius 2 is 0.618 bits per heavy atom. The van der Waals surface area contributed by atoms with E-state index in [2.05, 4.69) is 31.9 Å². The highest BCUT2D eigenvalue weighted by Gasteiger charge is 2.29. The van der Waals surface area contributed by atoms with E-state index in [1.165, 1.54) is 59.6 Å². The molecule has 23 nitrogen and oxygen atoms in total. The van der Waals surface area contributed by atoms with Crippen LogP contribution in [0.1, 0.15) is 145 Å². The second-order valence-electron chi connectivity index (χ2n) is 24.3. The molecule has 3 atom stereocenters. The van der Waals surface area contributed by atoms with Crippen LogP contribution in [0.2, 0.25) is 0 Å². The van der Waals surface area contributed by atoms with Crippen LogP contribution in [-0.2, 0) is 67.7 Å². The number of carbonyl (C=O) groups excluding carboxylic acids is 10. The molecule has 7 aromatic rings. The maximum atomic E-state index is 14.8. The lowest BCUT2D eigenvalue weighted by molar-refractivity contribution is -0.121. The molecule has 6 N–H and O–H groups in total. The van der Waals surface area contributed by atoms with Crippen LogP contribution >= 0.6 is 0 Å². The molecular formula is C79H90N6O17. The summed E-state index contributed by atoms with van der Waals surface area (Å²) < 4.78 is 38.3. The van der Waals surface area contributed by atoms with Crippen molar-refractivity contribution in [3.05, 3.63) is 225 Å². The van der Waals surface area contributed by atoms with Gasteiger partial charge in [-0.1, -0.05) is 121 Å². The second kappa shape index (κ2) is 41.3. The van der Waals surface area contributed by atoms with E-state index in [4.69, 9.17) is 33.2 Å². The van der Waals surface area contributed by atoms with Crippen LogP contribution in [0.5, 0.6) is 23.0 Å². The zero-order valence-electron chi connectivity index (χ0n) is 58.5. The number of Topliss-reactive ketones (excluding diaryl/α,β-unsaturated/α-hetero) is 4. The number of benzene rings is 7. The first-order valence-electron chi connectivity index (χ1n) is 33.9. The van der Waals surface area contributed by atoms with E-state index in [1.54, 1.807) is 48.5 Å². The number of hydrogen-bond acceptors (Lipinski definition) is 17. The lowest BCUT2D eigenvalue weighted by Crippen LogP contribution is -2.42. The van der Waals surface area contributed by atoms with Gasteiger partial charge in [0.05, 0.1) is 68.8 Å². The third-order valence-electron chi connectivity index (χ3n) is 16.7. The van der Waals surface area contributed by atoms with Crippen molar-refractivity contribution in [1.82, 2.24) is 31.9 Å². The van der Waals surface area contributed by atoms with Gasteiger partial charge < -0.3 is 65.1 Å². The minimum absolute atomic E-state index is 0.000834. The van der Waals surface area contributed by atoms with E-state index in [0.717, 1.165) is 22.3 Å². The maximum absolute atomic E-state index is 14.8. The number of methoxy groups -OCH3 is 4. The van der Waals surface area contributed by atoms with Crippen molar-refractivity contribution in [2.24, 2.45) is 0 Å². The van der Waals surface area contributed by atoms with Gasteiger partial charge in [-0.15, -0.1) is 0 Å². The van der Waals surface area contributed by atoms with Crippen molar-refractivity contribution in [2.75, 3.05) is 48.1 Å². The number of amides is 6. The number of hydrogen-bond donors (Lipinski definition) is 6. The topological polar surface area (TPSA) is 307 Å². The first-order valence-corrected chi connectivity index (χ1v) is 33.9. The Morgan fingerprint density at radius 1 is 0.333 bits per heavy atom. The van der Waals surface area contributed by atoms with Crippen molar-refractivity contribution in [3.63, 3.8) is 0 Å². The Labute approximate surface area is 594 Å². The predicted molar refractivity (Wildman–Crippen MR) is 382 cm³/mol. The van der Waals surface area contributed by atoms with Gasteiger partial charge in [-0.05, 0) is 154 Å². The average Bonchev–Trinajstić information content (AvgIpc) is 0.836. The predicted octanol–water partition coefficient (Wildman–Crippen LogP) is 11.3.